The molecular formula is C13H17ClN2O2. The van der Waals surface area contributed by atoms with E-state index in [1.165, 1.54) is 0 Å². The third kappa shape index (κ3) is 3.98. The van der Waals surface area contributed by atoms with E-state index in [-0.39, 0.29) is 5.91 Å². The first-order valence-corrected chi connectivity index (χ1v) is 6.48. The number of nitrogens with one attached hydrogen (secondary N) is 1. The lowest BCUT2D eigenvalue weighted by Crippen LogP contribution is -2.38. The van der Waals surface area contributed by atoms with Gasteiger partial charge in [0.15, 0.2) is 0 Å². The van der Waals surface area contributed by atoms with Crippen molar-refractivity contribution in [2.45, 2.75) is 6.42 Å². The summed E-state index contributed by atoms with van der Waals surface area (Å²) in [4.78, 5) is 14.0. The highest BCUT2D eigenvalue weighted by Crippen LogP contribution is 2.20. The highest BCUT2D eigenvalue weighted by atomic mass is 35.5. The van der Waals surface area contributed by atoms with Crippen LogP contribution >= 0.6 is 11.6 Å². The molecule has 18 heavy (non-hydrogen) atoms. The van der Waals surface area contributed by atoms with Gasteiger partial charge in [0, 0.05) is 26.1 Å². The Hall–Kier alpha value is -1.10. The Morgan fingerprint density at radius 1 is 1.33 bits per heavy atom. The van der Waals surface area contributed by atoms with Crippen molar-refractivity contribution in [1.82, 2.24) is 4.90 Å². The third-order valence-corrected chi connectivity index (χ3v) is 3.24. The zero-order chi connectivity index (χ0) is 12.8. The Morgan fingerprint density at radius 3 is 2.78 bits per heavy atom. The van der Waals surface area contributed by atoms with Gasteiger partial charge in [0.1, 0.15) is 0 Å². The number of anilines is 1. The highest BCUT2D eigenvalue weighted by molar-refractivity contribution is 6.33. The van der Waals surface area contributed by atoms with Crippen molar-refractivity contribution in [2.24, 2.45) is 0 Å². The van der Waals surface area contributed by atoms with Gasteiger partial charge in [0.2, 0.25) is 5.91 Å². The molecule has 0 unspecified atom stereocenters. The van der Waals surface area contributed by atoms with Crippen LogP contribution in [0.2, 0.25) is 5.02 Å². The maximum atomic E-state index is 11.8. The van der Waals surface area contributed by atoms with Crippen LogP contribution in [0.1, 0.15) is 6.42 Å². The molecule has 1 aromatic rings. The van der Waals surface area contributed by atoms with E-state index in [9.17, 15) is 4.79 Å². The summed E-state index contributed by atoms with van der Waals surface area (Å²) in [6, 6.07) is 7.25. The van der Waals surface area contributed by atoms with E-state index in [4.69, 9.17) is 16.3 Å². The molecule has 1 aliphatic rings. The normalized spacial score (nSPS) is 16.5. The molecule has 0 bridgehead atoms. The predicted molar refractivity (Wildman–Crippen MR) is 72.0 cm³/mol. The quantitative estimate of drug-likeness (QED) is 0.908. The molecule has 1 amide bonds. The molecule has 0 atom stereocenters. The number of benzene rings is 1. The molecule has 5 heteroatoms. The van der Waals surface area contributed by atoms with Crippen LogP contribution < -0.4 is 5.32 Å². The van der Waals surface area contributed by atoms with Crippen LogP contribution in [0.15, 0.2) is 24.3 Å². The number of para-hydroxylation sites is 1. The van der Waals surface area contributed by atoms with Crippen LogP contribution in [-0.4, -0.2) is 43.7 Å². The Morgan fingerprint density at radius 2 is 2.06 bits per heavy atom. The highest BCUT2D eigenvalue weighted by Gasteiger charge is 2.12. The average Bonchev–Trinajstić information content (AvgIpc) is 2.40. The Bertz CT molecular complexity index is 406. The van der Waals surface area contributed by atoms with Crippen molar-refractivity contribution in [3.8, 4) is 0 Å². The summed E-state index contributed by atoms with van der Waals surface area (Å²) in [5, 5.41) is 3.39. The molecule has 4 nitrogen and oxygen atoms in total. The van der Waals surface area contributed by atoms with Gasteiger partial charge in [-0.15, -0.1) is 0 Å². The van der Waals surface area contributed by atoms with Gasteiger partial charge in [0.25, 0.3) is 0 Å². The van der Waals surface area contributed by atoms with Crippen LogP contribution in [0, 0.1) is 0 Å². The van der Waals surface area contributed by atoms with E-state index in [0.29, 0.717) is 17.1 Å². The van der Waals surface area contributed by atoms with Gasteiger partial charge in [-0.25, -0.2) is 0 Å². The van der Waals surface area contributed by atoms with Gasteiger partial charge in [0.05, 0.1) is 23.9 Å². The zero-order valence-corrected chi connectivity index (χ0v) is 10.9. The standard InChI is InChI=1S/C13H17ClN2O2/c14-11-3-1-2-4-12(11)15-13(17)5-6-16-7-9-18-10-8-16/h1-4H,5-10H2,(H,15,17). The van der Waals surface area contributed by atoms with E-state index >= 15 is 0 Å². The molecule has 0 spiro atoms. The minimum absolute atomic E-state index is 0.00501. The summed E-state index contributed by atoms with van der Waals surface area (Å²) >= 11 is 5.98. The van der Waals surface area contributed by atoms with E-state index in [0.717, 1.165) is 32.8 Å². The molecule has 0 saturated carbocycles. The second-order valence-corrected chi connectivity index (χ2v) is 4.64. The van der Waals surface area contributed by atoms with E-state index < -0.39 is 0 Å². The van der Waals surface area contributed by atoms with Gasteiger partial charge in [-0.2, -0.15) is 0 Å². The number of hydrogen-bond donors (Lipinski definition) is 1. The minimum Gasteiger partial charge on any atom is -0.379 e. The van der Waals surface area contributed by atoms with Crippen molar-refractivity contribution in [1.29, 1.82) is 0 Å². The molecule has 1 aliphatic heterocycles. The fourth-order valence-electron chi connectivity index (χ4n) is 1.86. The predicted octanol–water partition coefficient (Wildman–Crippen LogP) is 2.00. The third-order valence-electron chi connectivity index (χ3n) is 2.91. The number of hydrogen-bond acceptors (Lipinski definition) is 3. The number of halogens is 1. The number of nitrogens with zero attached hydrogens (tertiary/aromatic N) is 1. The molecule has 98 valence electrons. The Kier molecular flexibility index (Phi) is 4.99. The maximum Gasteiger partial charge on any atom is 0.225 e. The molecule has 1 fully saturated rings. The Labute approximate surface area is 112 Å². The number of morpholine rings is 1. The molecule has 1 N–H and O–H groups in total. The zero-order valence-electron chi connectivity index (χ0n) is 10.2. The van der Waals surface area contributed by atoms with Crippen LogP contribution in [0.3, 0.4) is 0 Å². The summed E-state index contributed by atoms with van der Waals surface area (Å²) in [7, 11) is 0. The van der Waals surface area contributed by atoms with E-state index in [2.05, 4.69) is 10.2 Å². The fourth-order valence-corrected chi connectivity index (χ4v) is 2.04. The number of carbonyl (C=O) groups is 1. The molecule has 1 saturated heterocycles. The second-order valence-electron chi connectivity index (χ2n) is 4.23. The van der Waals surface area contributed by atoms with Gasteiger partial charge in [-0.05, 0) is 12.1 Å². The summed E-state index contributed by atoms with van der Waals surface area (Å²) in [6.07, 6.45) is 0.477. The van der Waals surface area contributed by atoms with Crippen LogP contribution in [-0.2, 0) is 9.53 Å². The molecule has 1 aromatic carbocycles. The first-order valence-electron chi connectivity index (χ1n) is 6.10. The van der Waals surface area contributed by atoms with Crippen LogP contribution in [0.25, 0.3) is 0 Å². The van der Waals surface area contributed by atoms with Crippen molar-refractivity contribution < 1.29 is 9.53 Å². The summed E-state index contributed by atoms with van der Waals surface area (Å²) in [5.41, 5.74) is 0.672. The van der Waals surface area contributed by atoms with Gasteiger partial charge in [-0.3, -0.25) is 9.69 Å². The topological polar surface area (TPSA) is 41.6 Å². The number of amides is 1. The lowest BCUT2D eigenvalue weighted by molar-refractivity contribution is -0.116. The van der Waals surface area contributed by atoms with Crippen molar-refractivity contribution in [3.05, 3.63) is 29.3 Å². The van der Waals surface area contributed by atoms with Crippen molar-refractivity contribution in [2.75, 3.05) is 38.2 Å². The molecule has 0 aliphatic carbocycles. The minimum atomic E-state index is -0.00501. The van der Waals surface area contributed by atoms with Gasteiger partial charge < -0.3 is 10.1 Å². The average molecular weight is 269 g/mol. The first-order chi connectivity index (χ1) is 8.75. The van der Waals surface area contributed by atoms with Gasteiger partial charge >= 0.3 is 0 Å². The second kappa shape index (κ2) is 6.73. The molecule has 0 aromatic heterocycles. The molecule has 2 rings (SSSR count). The molecular weight excluding hydrogens is 252 g/mol. The summed E-state index contributed by atoms with van der Waals surface area (Å²) in [6.45, 7) is 4.08. The summed E-state index contributed by atoms with van der Waals surface area (Å²) in [5.74, 6) is -0.00501. The Balaban J connectivity index is 1.76. The van der Waals surface area contributed by atoms with Crippen molar-refractivity contribution >= 4 is 23.2 Å². The van der Waals surface area contributed by atoms with E-state index in [1.807, 2.05) is 12.1 Å². The SMILES string of the molecule is O=C(CCN1CCOCC1)Nc1ccccc1Cl. The lowest BCUT2D eigenvalue weighted by atomic mass is 10.3. The largest absolute Gasteiger partial charge is 0.379 e. The van der Waals surface area contributed by atoms with Crippen LogP contribution in [0.4, 0.5) is 5.69 Å². The first kappa shape index (κ1) is 13.3. The smallest absolute Gasteiger partial charge is 0.225 e. The fraction of sp³-hybridized carbons (Fsp3) is 0.462. The molecule has 1 heterocycles. The number of rotatable bonds is 4. The number of ether oxygens (including phenoxy) is 1. The monoisotopic (exact) mass is 268 g/mol. The van der Waals surface area contributed by atoms with Crippen molar-refractivity contribution in [3.63, 3.8) is 0 Å². The van der Waals surface area contributed by atoms with Gasteiger partial charge in [-0.1, -0.05) is 23.7 Å². The molecule has 0 radical (unpaired) electrons. The van der Waals surface area contributed by atoms with Crippen LogP contribution in [0.5, 0.6) is 0 Å². The van der Waals surface area contributed by atoms with E-state index in [1.54, 1.807) is 12.1 Å². The summed E-state index contributed by atoms with van der Waals surface area (Å²) < 4.78 is 5.26. The maximum absolute atomic E-state index is 11.8. The number of carbonyl (C=O) groups excluding carboxylic acids is 1. The lowest BCUT2D eigenvalue weighted by Gasteiger charge is -2.26.